The SMILES string of the molecule is Cc1cc(C)cc(Cc2nc(N)c(C)c(=O)[nH]2)c1. The largest absolute Gasteiger partial charge is 0.383 e. The lowest BCUT2D eigenvalue weighted by Gasteiger charge is -2.06. The molecule has 0 radical (unpaired) electrons. The Kier molecular flexibility index (Phi) is 3.19. The highest BCUT2D eigenvalue weighted by molar-refractivity contribution is 5.37. The van der Waals surface area contributed by atoms with Gasteiger partial charge in [-0.3, -0.25) is 4.79 Å². The number of nitrogen functional groups attached to an aromatic ring is 1. The van der Waals surface area contributed by atoms with E-state index in [-0.39, 0.29) is 5.56 Å². The molecule has 3 N–H and O–H groups in total. The van der Waals surface area contributed by atoms with Crippen molar-refractivity contribution in [2.75, 3.05) is 5.73 Å². The summed E-state index contributed by atoms with van der Waals surface area (Å²) in [7, 11) is 0. The predicted molar refractivity (Wildman–Crippen MR) is 72.7 cm³/mol. The lowest BCUT2D eigenvalue weighted by Crippen LogP contribution is -2.17. The van der Waals surface area contributed by atoms with Crippen molar-refractivity contribution in [1.29, 1.82) is 0 Å². The molecule has 0 amide bonds. The molecule has 1 aromatic heterocycles. The Morgan fingerprint density at radius 2 is 1.78 bits per heavy atom. The number of nitrogens with one attached hydrogen (secondary N) is 1. The van der Waals surface area contributed by atoms with Crippen molar-refractivity contribution in [3.8, 4) is 0 Å². The summed E-state index contributed by atoms with van der Waals surface area (Å²) >= 11 is 0. The van der Waals surface area contributed by atoms with Gasteiger partial charge >= 0.3 is 0 Å². The first-order valence-corrected chi connectivity index (χ1v) is 5.88. The van der Waals surface area contributed by atoms with Gasteiger partial charge in [0.2, 0.25) is 0 Å². The van der Waals surface area contributed by atoms with Crippen LogP contribution in [0.4, 0.5) is 5.82 Å². The van der Waals surface area contributed by atoms with Crippen LogP contribution in [0.15, 0.2) is 23.0 Å². The quantitative estimate of drug-likeness (QED) is 0.845. The Bertz CT molecular complexity index is 624. The first-order chi connectivity index (χ1) is 8.45. The highest BCUT2D eigenvalue weighted by Crippen LogP contribution is 2.12. The predicted octanol–water partition coefficient (Wildman–Crippen LogP) is 1.87. The second-order valence-corrected chi connectivity index (χ2v) is 4.70. The molecule has 0 aliphatic carbocycles. The van der Waals surface area contributed by atoms with Gasteiger partial charge < -0.3 is 10.7 Å². The van der Waals surface area contributed by atoms with Gasteiger partial charge in [0.25, 0.3) is 5.56 Å². The van der Waals surface area contributed by atoms with E-state index in [9.17, 15) is 4.79 Å². The number of rotatable bonds is 2. The molecular formula is C14H17N3O. The smallest absolute Gasteiger partial charge is 0.255 e. The van der Waals surface area contributed by atoms with Gasteiger partial charge in [0.05, 0.1) is 5.56 Å². The first kappa shape index (κ1) is 12.4. The van der Waals surface area contributed by atoms with Gasteiger partial charge in [0.1, 0.15) is 11.6 Å². The van der Waals surface area contributed by atoms with Crippen LogP contribution in [0.3, 0.4) is 0 Å². The van der Waals surface area contributed by atoms with Crippen LogP contribution in [0.5, 0.6) is 0 Å². The zero-order valence-electron chi connectivity index (χ0n) is 10.9. The zero-order chi connectivity index (χ0) is 13.3. The van der Waals surface area contributed by atoms with Crippen LogP contribution in [0.2, 0.25) is 0 Å². The second kappa shape index (κ2) is 4.64. The number of anilines is 1. The summed E-state index contributed by atoms with van der Waals surface area (Å²) in [6, 6.07) is 6.29. The normalized spacial score (nSPS) is 10.6. The fourth-order valence-corrected chi connectivity index (χ4v) is 2.05. The number of aryl methyl sites for hydroxylation is 2. The van der Waals surface area contributed by atoms with E-state index >= 15 is 0 Å². The molecule has 1 aromatic carbocycles. The van der Waals surface area contributed by atoms with E-state index in [0.717, 1.165) is 5.56 Å². The van der Waals surface area contributed by atoms with Crippen LogP contribution in [-0.2, 0) is 6.42 Å². The van der Waals surface area contributed by atoms with Crippen molar-refractivity contribution in [2.45, 2.75) is 27.2 Å². The molecular weight excluding hydrogens is 226 g/mol. The number of hydrogen-bond acceptors (Lipinski definition) is 3. The zero-order valence-corrected chi connectivity index (χ0v) is 10.9. The minimum atomic E-state index is -0.165. The molecule has 2 aromatic rings. The van der Waals surface area contributed by atoms with Crippen LogP contribution in [-0.4, -0.2) is 9.97 Å². The maximum absolute atomic E-state index is 11.6. The minimum absolute atomic E-state index is 0.165. The van der Waals surface area contributed by atoms with Gasteiger partial charge in [-0.25, -0.2) is 4.98 Å². The summed E-state index contributed by atoms with van der Waals surface area (Å²) in [5.74, 6) is 0.909. The summed E-state index contributed by atoms with van der Waals surface area (Å²) in [5, 5.41) is 0. The number of hydrogen-bond donors (Lipinski definition) is 2. The van der Waals surface area contributed by atoms with Crippen LogP contribution < -0.4 is 11.3 Å². The maximum Gasteiger partial charge on any atom is 0.255 e. The van der Waals surface area contributed by atoms with E-state index in [2.05, 4.69) is 42.0 Å². The Morgan fingerprint density at radius 3 is 2.33 bits per heavy atom. The van der Waals surface area contributed by atoms with E-state index < -0.39 is 0 Å². The summed E-state index contributed by atoms with van der Waals surface area (Å²) in [6.07, 6.45) is 0.586. The number of benzene rings is 1. The van der Waals surface area contributed by atoms with E-state index in [1.807, 2.05) is 0 Å². The molecule has 4 heteroatoms. The molecule has 0 bridgehead atoms. The van der Waals surface area contributed by atoms with Gasteiger partial charge in [-0.1, -0.05) is 29.3 Å². The van der Waals surface area contributed by atoms with Crippen LogP contribution in [0, 0.1) is 20.8 Å². The molecule has 0 saturated heterocycles. The third kappa shape index (κ3) is 2.59. The molecule has 0 aliphatic heterocycles. The van der Waals surface area contributed by atoms with Crippen molar-refractivity contribution in [1.82, 2.24) is 9.97 Å². The van der Waals surface area contributed by atoms with Gasteiger partial charge in [0.15, 0.2) is 0 Å². The molecule has 4 nitrogen and oxygen atoms in total. The Balaban J connectivity index is 2.37. The molecule has 0 aliphatic rings. The average Bonchev–Trinajstić information content (AvgIpc) is 2.24. The monoisotopic (exact) mass is 243 g/mol. The van der Waals surface area contributed by atoms with Crippen molar-refractivity contribution < 1.29 is 0 Å². The van der Waals surface area contributed by atoms with Gasteiger partial charge in [-0.05, 0) is 26.3 Å². The summed E-state index contributed by atoms with van der Waals surface area (Å²) in [4.78, 5) is 18.6. The van der Waals surface area contributed by atoms with Crippen molar-refractivity contribution >= 4 is 5.82 Å². The summed E-state index contributed by atoms with van der Waals surface area (Å²) in [5.41, 5.74) is 9.54. The first-order valence-electron chi connectivity index (χ1n) is 5.88. The number of aromatic nitrogens is 2. The number of nitrogens with zero attached hydrogens (tertiary/aromatic N) is 1. The molecule has 18 heavy (non-hydrogen) atoms. The fourth-order valence-electron chi connectivity index (χ4n) is 2.05. The number of H-pyrrole nitrogens is 1. The van der Waals surface area contributed by atoms with Crippen molar-refractivity contribution in [3.05, 3.63) is 56.6 Å². The Morgan fingerprint density at radius 1 is 1.17 bits per heavy atom. The van der Waals surface area contributed by atoms with E-state index in [1.54, 1.807) is 6.92 Å². The molecule has 0 atom stereocenters. The minimum Gasteiger partial charge on any atom is -0.383 e. The lowest BCUT2D eigenvalue weighted by atomic mass is 10.0. The van der Waals surface area contributed by atoms with Crippen molar-refractivity contribution in [2.24, 2.45) is 0 Å². The Labute approximate surface area is 106 Å². The molecule has 0 unspecified atom stereocenters. The highest BCUT2D eigenvalue weighted by atomic mass is 16.1. The van der Waals surface area contributed by atoms with E-state index in [0.29, 0.717) is 23.6 Å². The van der Waals surface area contributed by atoms with Crippen LogP contribution in [0.1, 0.15) is 28.1 Å². The van der Waals surface area contributed by atoms with E-state index in [1.165, 1.54) is 11.1 Å². The highest BCUT2D eigenvalue weighted by Gasteiger charge is 2.05. The van der Waals surface area contributed by atoms with Gasteiger partial charge in [-0.2, -0.15) is 0 Å². The molecule has 94 valence electrons. The third-order valence-corrected chi connectivity index (χ3v) is 2.89. The maximum atomic E-state index is 11.6. The number of aromatic amines is 1. The molecule has 0 fully saturated rings. The lowest BCUT2D eigenvalue weighted by molar-refractivity contribution is 0.936. The third-order valence-electron chi connectivity index (χ3n) is 2.89. The second-order valence-electron chi connectivity index (χ2n) is 4.70. The van der Waals surface area contributed by atoms with Gasteiger partial charge in [-0.15, -0.1) is 0 Å². The summed E-state index contributed by atoms with van der Waals surface area (Å²) in [6.45, 7) is 5.77. The topological polar surface area (TPSA) is 71.8 Å². The number of nitrogens with two attached hydrogens (primary N) is 1. The molecule has 1 heterocycles. The van der Waals surface area contributed by atoms with Crippen LogP contribution in [0.25, 0.3) is 0 Å². The molecule has 0 spiro atoms. The van der Waals surface area contributed by atoms with Crippen molar-refractivity contribution in [3.63, 3.8) is 0 Å². The summed E-state index contributed by atoms with van der Waals surface area (Å²) < 4.78 is 0. The molecule has 0 saturated carbocycles. The standard InChI is InChI=1S/C14H17N3O/c1-8-4-9(2)6-11(5-8)7-12-16-13(15)10(3)14(18)17-12/h4-6H,7H2,1-3H3,(H3,15,16,17,18). The van der Waals surface area contributed by atoms with Crippen LogP contribution >= 0.6 is 0 Å². The fraction of sp³-hybridized carbons (Fsp3) is 0.286. The van der Waals surface area contributed by atoms with E-state index in [4.69, 9.17) is 5.73 Å². The van der Waals surface area contributed by atoms with Gasteiger partial charge in [0, 0.05) is 6.42 Å². The average molecular weight is 243 g/mol. The molecule has 2 rings (SSSR count). The Hall–Kier alpha value is -2.10.